The maximum Gasteiger partial charge on any atom is 0.135 e. The SMILES string of the molecule is CC(C)(C)c1nc(-c2ccccc2C(C)(C)C)c2ccccc2n1. The molecule has 1 aromatic heterocycles. The van der Waals surface area contributed by atoms with Gasteiger partial charge in [-0.25, -0.2) is 9.97 Å². The molecular weight excluding hydrogens is 292 g/mol. The van der Waals surface area contributed by atoms with Gasteiger partial charge in [-0.3, -0.25) is 0 Å². The van der Waals surface area contributed by atoms with E-state index >= 15 is 0 Å². The van der Waals surface area contributed by atoms with E-state index in [1.807, 2.05) is 6.07 Å². The fourth-order valence-corrected chi connectivity index (χ4v) is 2.96. The molecule has 0 aliphatic rings. The van der Waals surface area contributed by atoms with Crippen molar-refractivity contribution in [1.29, 1.82) is 0 Å². The normalized spacial score (nSPS) is 12.6. The monoisotopic (exact) mass is 318 g/mol. The highest BCUT2D eigenvalue weighted by Crippen LogP contribution is 2.36. The highest BCUT2D eigenvalue weighted by molar-refractivity contribution is 5.93. The predicted octanol–water partition coefficient (Wildman–Crippen LogP) is 5.89. The highest BCUT2D eigenvalue weighted by Gasteiger charge is 2.23. The van der Waals surface area contributed by atoms with Gasteiger partial charge in [-0.1, -0.05) is 84.0 Å². The third-order valence-corrected chi connectivity index (χ3v) is 4.26. The average Bonchev–Trinajstić information content (AvgIpc) is 2.52. The van der Waals surface area contributed by atoms with Crippen molar-refractivity contribution in [3.8, 4) is 11.3 Å². The Kier molecular flexibility index (Phi) is 3.95. The number of hydrogen-bond donors (Lipinski definition) is 0. The van der Waals surface area contributed by atoms with Crippen molar-refractivity contribution in [2.24, 2.45) is 0 Å². The van der Waals surface area contributed by atoms with Crippen molar-refractivity contribution in [3.63, 3.8) is 0 Å². The zero-order chi connectivity index (χ0) is 17.5. The van der Waals surface area contributed by atoms with Crippen LogP contribution in [0.4, 0.5) is 0 Å². The number of benzene rings is 2. The van der Waals surface area contributed by atoms with E-state index < -0.39 is 0 Å². The van der Waals surface area contributed by atoms with Crippen LogP contribution in [0.15, 0.2) is 48.5 Å². The van der Waals surface area contributed by atoms with Gasteiger partial charge in [0.2, 0.25) is 0 Å². The summed E-state index contributed by atoms with van der Waals surface area (Å²) in [6.45, 7) is 13.2. The van der Waals surface area contributed by atoms with E-state index in [1.54, 1.807) is 0 Å². The number of para-hydroxylation sites is 1. The molecule has 0 unspecified atom stereocenters. The van der Waals surface area contributed by atoms with Crippen molar-refractivity contribution in [1.82, 2.24) is 9.97 Å². The molecule has 0 atom stereocenters. The lowest BCUT2D eigenvalue weighted by Gasteiger charge is -2.24. The summed E-state index contributed by atoms with van der Waals surface area (Å²) in [7, 11) is 0. The summed E-state index contributed by atoms with van der Waals surface area (Å²) in [5.74, 6) is 0.889. The van der Waals surface area contributed by atoms with Crippen molar-refractivity contribution >= 4 is 10.9 Å². The van der Waals surface area contributed by atoms with Crippen molar-refractivity contribution in [2.75, 3.05) is 0 Å². The van der Waals surface area contributed by atoms with Crippen LogP contribution in [0.2, 0.25) is 0 Å². The summed E-state index contributed by atoms with van der Waals surface area (Å²) in [6, 6.07) is 16.9. The smallest absolute Gasteiger partial charge is 0.135 e. The van der Waals surface area contributed by atoms with E-state index in [1.165, 1.54) is 11.1 Å². The van der Waals surface area contributed by atoms with Gasteiger partial charge in [0.1, 0.15) is 5.82 Å². The first kappa shape index (κ1) is 16.6. The molecule has 0 saturated carbocycles. The Morgan fingerprint density at radius 3 is 1.96 bits per heavy atom. The molecule has 124 valence electrons. The Hall–Kier alpha value is -2.22. The largest absolute Gasteiger partial charge is 0.232 e. The molecule has 0 saturated heterocycles. The van der Waals surface area contributed by atoms with Gasteiger partial charge in [-0.15, -0.1) is 0 Å². The minimum Gasteiger partial charge on any atom is -0.232 e. The second kappa shape index (κ2) is 5.70. The molecule has 2 nitrogen and oxygen atoms in total. The van der Waals surface area contributed by atoms with Gasteiger partial charge in [0.15, 0.2) is 0 Å². The molecule has 24 heavy (non-hydrogen) atoms. The minimum absolute atomic E-state index is 0.0601. The first-order chi connectivity index (χ1) is 11.2. The highest BCUT2D eigenvalue weighted by atomic mass is 14.9. The first-order valence-corrected chi connectivity index (χ1v) is 8.55. The molecule has 2 heteroatoms. The Labute approximate surface area is 145 Å². The zero-order valence-corrected chi connectivity index (χ0v) is 15.5. The third-order valence-electron chi connectivity index (χ3n) is 4.26. The molecule has 3 rings (SSSR count). The van der Waals surface area contributed by atoms with Crippen LogP contribution in [-0.4, -0.2) is 9.97 Å². The van der Waals surface area contributed by atoms with Gasteiger partial charge in [0.05, 0.1) is 11.2 Å². The quantitative estimate of drug-likeness (QED) is 0.559. The predicted molar refractivity (Wildman–Crippen MR) is 102 cm³/mol. The second-order valence-corrected chi connectivity index (χ2v) is 8.46. The Bertz CT molecular complexity index is 880. The van der Waals surface area contributed by atoms with Gasteiger partial charge in [0.25, 0.3) is 0 Å². The Balaban J connectivity index is 2.39. The van der Waals surface area contributed by atoms with Crippen molar-refractivity contribution in [2.45, 2.75) is 52.4 Å². The van der Waals surface area contributed by atoms with Gasteiger partial charge < -0.3 is 0 Å². The second-order valence-electron chi connectivity index (χ2n) is 8.46. The van der Waals surface area contributed by atoms with E-state index in [0.29, 0.717) is 0 Å². The van der Waals surface area contributed by atoms with Crippen LogP contribution in [0.3, 0.4) is 0 Å². The molecule has 0 radical (unpaired) electrons. The summed E-state index contributed by atoms with van der Waals surface area (Å²) in [5.41, 5.74) is 4.54. The third kappa shape index (κ3) is 3.06. The van der Waals surface area contributed by atoms with E-state index in [9.17, 15) is 0 Å². The van der Waals surface area contributed by atoms with Crippen LogP contribution in [0.25, 0.3) is 22.2 Å². The molecule has 0 bridgehead atoms. The fourth-order valence-electron chi connectivity index (χ4n) is 2.96. The van der Waals surface area contributed by atoms with Gasteiger partial charge >= 0.3 is 0 Å². The van der Waals surface area contributed by atoms with E-state index in [4.69, 9.17) is 9.97 Å². The summed E-state index contributed by atoms with van der Waals surface area (Å²) in [6.07, 6.45) is 0. The van der Waals surface area contributed by atoms with Crippen molar-refractivity contribution < 1.29 is 0 Å². The minimum atomic E-state index is -0.0878. The number of rotatable bonds is 1. The average molecular weight is 318 g/mol. The van der Waals surface area contributed by atoms with Crippen LogP contribution in [0.5, 0.6) is 0 Å². The summed E-state index contributed by atoms with van der Waals surface area (Å²) < 4.78 is 0. The molecule has 0 amide bonds. The molecule has 1 heterocycles. The zero-order valence-electron chi connectivity index (χ0n) is 15.5. The van der Waals surface area contributed by atoms with Gasteiger partial charge in [-0.05, 0) is 17.0 Å². The molecule has 0 fully saturated rings. The summed E-state index contributed by atoms with van der Waals surface area (Å²) >= 11 is 0. The van der Waals surface area contributed by atoms with E-state index in [-0.39, 0.29) is 10.8 Å². The lowest BCUT2D eigenvalue weighted by atomic mass is 9.82. The molecule has 0 N–H and O–H groups in total. The summed E-state index contributed by atoms with van der Waals surface area (Å²) in [5, 5.41) is 1.11. The molecule has 0 spiro atoms. The van der Waals surface area contributed by atoms with Crippen LogP contribution in [-0.2, 0) is 10.8 Å². The summed E-state index contributed by atoms with van der Waals surface area (Å²) in [4.78, 5) is 9.82. The molecule has 2 aromatic carbocycles. The van der Waals surface area contributed by atoms with Crippen molar-refractivity contribution in [3.05, 3.63) is 59.9 Å². The maximum atomic E-state index is 5.01. The van der Waals surface area contributed by atoms with Crippen LogP contribution < -0.4 is 0 Å². The molecular formula is C22H26N2. The van der Waals surface area contributed by atoms with E-state index in [0.717, 1.165) is 22.4 Å². The van der Waals surface area contributed by atoms with Crippen LogP contribution in [0.1, 0.15) is 52.9 Å². The Morgan fingerprint density at radius 2 is 1.29 bits per heavy atom. The molecule has 0 aliphatic heterocycles. The van der Waals surface area contributed by atoms with Crippen LogP contribution in [0, 0.1) is 0 Å². The van der Waals surface area contributed by atoms with Gasteiger partial charge in [-0.2, -0.15) is 0 Å². The standard InChI is InChI=1S/C22H26N2/c1-21(2,3)17-13-9-7-11-15(17)19-16-12-8-10-14-18(16)23-20(24-19)22(4,5)6/h7-14H,1-6H3. The van der Waals surface area contributed by atoms with E-state index in [2.05, 4.69) is 84.0 Å². The number of fused-ring (bicyclic) bond motifs is 1. The number of nitrogens with zero attached hydrogens (tertiary/aromatic N) is 2. The number of aromatic nitrogens is 2. The number of hydrogen-bond acceptors (Lipinski definition) is 2. The Morgan fingerprint density at radius 1 is 0.667 bits per heavy atom. The lowest BCUT2D eigenvalue weighted by Crippen LogP contribution is -2.18. The maximum absolute atomic E-state index is 5.01. The first-order valence-electron chi connectivity index (χ1n) is 8.55. The van der Waals surface area contributed by atoms with Gasteiger partial charge in [0, 0.05) is 16.4 Å². The topological polar surface area (TPSA) is 25.8 Å². The van der Waals surface area contributed by atoms with Crippen LogP contribution >= 0.6 is 0 Å². The lowest BCUT2D eigenvalue weighted by molar-refractivity contribution is 0.548. The molecule has 3 aromatic rings. The molecule has 0 aliphatic carbocycles. The fraction of sp³-hybridized carbons (Fsp3) is 0.364.